The molecule has 1 aliphatic heterocycles. The SMILES string of the molecule is Cc1cccc(N2CCN(CC(=O)Nc3cc(Cl)cc(Cl)c3)CC2)c1C. The van der Waals surface area contributed by atoms with Gasteiger partial charge >= 0.3 is 0 Å². The van der Waals surface area contributed by atoms with E-state index in [4.69, 9.17) is 23.2 Å². The van der Waals surface area contributed by atoms with E-state index >= 15 is 0 Å². The van der Waals surface area contributed by atoms with Crippen LogP contribution in [-0.2, 0) is 4.79 Å². The molecule has 0 saturated carbocycles. The molecule has 1 N–H and O–H groups in total. The van der Waals surface area contributed by atoms with E-state index in [0.717, 1.165) is 26.2 Å². The normalized spacial score (nSPS) is 15.2. The zero-order chi connectivity index (χ0) is 18.7. The second-order valence-electron chi connectivity index (χ2n) is 6.69. The highest BCUT2D eigenvalue weighted by atomic mass is 35.5. The van der Waals surface area contributed by atoms with Crippen LogP contribution in [0.4, 0.5) is 11.4 Å². The van der Waals surface area contributed by atoms with Crippen molar-refractivity contribution in [2.75, 3.05) is 42.9 Å². The topological polar surface area (TPSA) is 35.6 Å². The molecule has 0 bridgehead atoms. The Labute approximate surface area is 164 Å². The fourth-order valence-electron chi connectivity index (χ4n) is 3.25. The molecule has 1 aliphatic rings. The minimum Gasteiger partial charge on any atom is -0.369 e. The Morgan fingerprint density at radius 2 is 1.69 bits per heavy atom. The van der Waals surface area contributed by atoms with Gasteiger partial charge in [-0.25, -0.2) is 0 Å². The van der Waals surface area contributed by atoms with Crippen LogP contribution < -0.4 is 10.2 Å². The van der Waals surface area contributed by atoms with Gasteiger partial charge in [0.15, 0.2) is 0 Å². The van der Waals surface area contributed by atoms with Crippen LogP contribution in [0, 0.1) is 13.8 Å². The summed E-state index contributed by atoms with van der Waals surface area (Å²) in [5, 5.41) is 3.89. The monoisotopic (exact) mass is 391 g/mol. The number of carbonyl (C=O) groups is 1. The summed E-state index contributed by atoms with van der Waals surface area (Å²) in [6, 6.07) is 11.5. The van der Waals surface area contributed by atoms with Gasteiger partial charge in [0.05, 0.1) is 6.54 Å². The van der Waals surface area contributed by atoms with E-state index < -0.39 is 0 Å². The number of amides is 1. The van der Waals surface area contributed by atoms with Crippen molar-refractivity contribution >= 4 is 40.5 Å². The molecule has 6 heteroatoms. The molecule has 0 aromatic heterocycles. The Bertz CT molecular complexity index is 781. The van der Waals surface area contributed by atoms with Gasteiger partial charge in [-0.2, -0.15) is 0 Å². The number of hydrogen-bond donors (Lipinski definition) is 1. The van der Waals surface area contributed by atoms with Gasteiger partial charge in [-0.1, -0.05) is 35.3 Å². The maximum absolute atomic E-state index is 12.3. The average Bonchev–Trinajstić information content (AvgIpc) is 2.57. The molecule has 1 amide bonds. The summed E-state index contributed by atoms with van der Waals surface area (Å²) in [5.74, 6) is -0.0523. The summed E-state index contributed by atoms with van der Waals surface area (Å²) >= 11 is 11.9. The van der Waals surface area contributed by atoms with Crippen LogP contribution in [0.5, 0.6) is 0 Å². The number of anilines is 2. The largest absolute Gasteiger partial charge is 0.369 e. The highest BCUT2D eigenvalue weighted by molar-refractivity contribution is 6.35. The Morgan fingerprint density at radius 3 is 2.35 bits per heavy atom. The number of hydrogen-bond acceptors (Lipinski definition) is 3. The molecule has 26 heavy (non-hydrogen) atoms. The van der Waals surface area contributed by atoms with Gasteiger partial charge in [0.2, 0.25) is 5.91 Å². The fraction of sp³-hybridized carbons (Fsp3) is 0.350. The quantitative estimate of drug-likeness (QED) is 0.839. The first-order valence-corrected chi connectivity index (χ1v) is 9.47. The van der Waals surface area contributed by atoms with Crippen molar-refractivity contribution in [3.8, 4) is 0 Å². The molecule has 4 nitrogen and oxygen atoms in total. The van der Waals surface area contributed by atoms with Crippen molar-refractivity contribution in [2.24, 2.45) is 0 Å². The molecule has 2 aromatic rings. The van der Waals surface area contributed by atoms with Gasteiger partial charge in [-0.05, 0) is 49.2 Å². The standard InChI is InChI=1S/C20H23Cl2N3O/c1-14-4-3-5-19(15(14)2)25-8-6-24(7-9-25)13-20(26)23-18-11-16(21)10-17(22)12-18/h3-5,10-12H,6-9,13H2,1-2H3,(H,23,26). The zero-order valence-corrected chi connectivity index (χ0v) is 16.6. The van der Waals surface area contributed by atoms with Crippen molar-refractivity contribution in [2.45, 2.75) is 13.8 Å². The number of nitrogens with zero attached hydrogens (tertiary/aromatic N) is 2. The number of rotatable bonds is 4. The number of nitrogens with one attached hydrogen (secondary N) is 1. The molecule has 0 radical (unpaired) electrons. The Morgan fingerprint density at radius 1 is 1.04 bits per heavy atom. The predicted molar refractivity (Wildman–Crippen MR) is 110 cm³/mol. The number of benzene rings is 2. The second-order valence-corrected chi connectivity index (χ2v) is 7.56. The number of halogens is 2. The molecule has 0 unspecified atom stereocenters. The lowest BCUT2D eigenvalue weighted by atomic mass is 10.1. The van der Waals surface area contributed by atoms with Gasteiger partial charge in [0, 0.05) is 47.6 Å². The van der Waals surface area contributed by atoms with Gasteiger partial charge in [0.25, 0.3) is 0 Å². The van der Waals surface area contributed by atoms with Crippen LogP contribution in [0.1, 0.15) is 11.1 Å². The number of piperazine rings is 1. The first kappa shape index (κ1) is 19.0. The van der Waals surface area contributed by atoms with E-state index in [1.807, 2.05) is 0 Å². The molecule has 0 spiro atoms. The molecule has 1 fully saturated rings. The molecule has 3 rings (SSSR count). The Balaban J connectivity index is 1.53. The van der Waals surface area contributed by atoms with E-state index in [1.54, 1.807) is 18.2 Å². The number of aryl methyl sites for hydroxylation is 1. The van der Waals surface area contributed by atoms with Gasteiger partial charge in [-0.3, -0.25) is 9.69 Å². The molecular formula is C20H23Cl2N3O. The van der Waals surface area contributed by atoms with Crippen molar-refractivity contribution < 1.29 is 4.79 Å². The van der Waals surface area contributed by atoms with Crippen molar-refractivity contribution in [1.82, 2.24) is 4.90 Å². The van der Waals surface area contributed by atoms with Gasteiger partial charge in [-0.15, -0.1) is 0 Å². The highest BCUT2D eigenvalue weighted by Gasteiger charge is 2.20. The molecule has 138 valence electrons. The Kier molecular flexibility index (Phi) is 6.07. The summed E-state index contributed by atoms with van der Waals surface area (Å²) in [4.78, 5) is 16.9. The van der Waals surface area contributed by atoms with Crippen LogP contribution in [0.15, 0.2) is 36.4 Å². The third-order valence-electron chi connectivity index (χ3n) is 4.80. The average molecular weight is 392 g/mol. The summed E-state index contributed by atoms with van der Waals surface area (Å²) in [6.07, 6.45) is 0. The highest BCUT2D eigenvalue weighted by Crippen LogP contribution is 2.24. The summed E-state index contributed by atoms with van der Waals surface area (Å²) in [5.41, 5.74) is 4.56. The molecule has 0 atom stereocenters. The summed E-state index contributed by atoms with van der Waals surface area (Å²) < 4.78 is 0. The zero-order valence-electron chi connectivity index (χ0n) is 15.1. The molecule has 2 aromatic carbocycles. The van der Waals surface area contributed by atoms with Crippen molar-refractivity contribution in [1.29, 1.82) is 0 Å². The molecule has 1 heterocycles. The molecule has 1 saturated heterocycles. The van der Waals surface area contributed by atoms with E-state index in [0.29, 0.717) is 22.3 Å². The van der Waals surface area contributed by atoms with Gasteiger partial charge < -0.3 is 10.2 Å². The summed E-state index contributed by atoms with van der Waals surface area (Å²) in [7, 11) is 0. The summed E-state index contributed by atoms with van der Waals surface area (Å²) in [6.45, 7) is 8.22. The Hall–Kier alpha value is -1.75. The van der Waals surface area contributed by atoms with Crippen LogP contribution in [0.3, 0.4) is 0 Å². The lowest BCUT2D eigenvalue weighted by Crippen LogP contribution is -2.48. The van der Waals surface area contributed by atoms with E-state index in [2.05, 4.69) is 47.2 Å². The maximum Gasteiger partial charge on any atom is 0.238 e. The lowest BCUT2D eigenvalue weighted by molar-refractivity contribution is -0.117. The minimum absolute atomic E-state index is 0.0523. The first-order chi connectivity index (χ1) is 12.4. The third kappa shape index (κ3) is 4.70. The fourth-order valence-corrected chi connectivity index (χ4v) is 3.78. The minimum atomic E-state index is -0.0523. The lowest BCUT2D eigenvalue weighted by Gasteiger charge is -2.36. The molecular weight excluding hydrogens is 369 g/mol. The molecule has 0 aliphatic carbocycles. The van der Waals surface area contributed by atoms with E-state index in [-0.39, 0.29) is 5.91 Å². The van der Waals surface area contributed by atoms with Crippen molar-refractivity contribution in [3.63, 3.8) is 0 Å². The van der Waals surface area contributed by atoms with Crippen molar-refractivity contribution in [3.05, 3.63) is 57.6 Å². The maximum atomic E-state index is 12.3. The van der Waals surface area contributed by atoms with E-state index in [1.165, 1.54) is 16.8 Å². The second kappa shape index (κ2) is 8.30. The smallest absolute Gasteiger partial charge is 0.238 e. The van der Waals surface area contributed by atoms with Crippen LogP contribution in [0.2, 0.25) is 10.0 Å². The van der Waals surface area contributed by atoms with Crippen LogP contribution >= 0.6 is 23.2 Å². The number of carbonyl (C=O) groups excluding carboxylic acids is 1. The predicted octanol–water partition coefficient (Wildman–Crippen LogP) is 4.37. The third-order valence-corrected chi connectivity index (χ3v) is 5.24. The van der Waals surface area contributed by atoms with Crippen LogP contribution in [-0.4, -0.2) is 43.5 Å². The van der Waals surface area contributed by atoms with Crippen LogP contribution in [0.25, 0.3) is 0 Å². The van der Waals surface area contributed by atoms with Gasteiger partial charge in [0.1, 0.15) is 0 Å². The van der Waals surface area contributed by atoms with E-state index in [9.17, 15) is 4.79 Å². The first-order valence-electron chi connectivity index (χ1n) is 8.72.